The fourth-order valence-electron chi connectivity index (χ4n) is 3.61. The maximum atomic E-state index is 13.2. The Morgan fingerprint density at radius 3 is 2.14 bits per heavy atom. The summed E-state index contributed by atoms with van der Waals surface area (Å²) in [6.45, 7) is -0.784. The van der Waals surface area contributed by atoms with Crippen molar-refractivity contribution in [1.82, 2.24) is 4.72 Å². The number of nitrogens with one attached hydrogen (secondary N) is 1. The zero-order chi connectivity index (χ0) is 26.3. The van der Waals surface area contributed by atoms with Gasteiger partial charge in [0.2, 0.25) is 10.0 Å². The van der Waals surface area contributed by atoms with Crippen molar-refractivity contribution >= 4 is 39.2 Å². The van der Waals surface area contributed by atoms with Crippen LogP contribution in [0.5, 0.6) is 5.75 Å². The Morgan fingerprint density at radius 1 is 1.06 bits per heavy atom. The summed E-state index contributed by atoms with van der Waals surface area (Å²) in [7, 11) is -4.89. The molecule has 0 amide bonds. The number of ether oxygens (including phenoxy) is 1. The van der Waals surface area contributed by atoms with Crippen LogP contribution in [0.25, 0.3) is 0 Å². The van der Waals surface area contributed by atoms with Crippen molar-refractivity contribution < 1.29 is 49.4 Å². The van der Waals surface area contributed by atoms with E-state index >= 15 is 0 Å². The van der Waals surface area contributed by atoms with E-state index in [9.17, 15) is 39.6 Å². The number of rotatable bonds is 6. The van der Waals surface area contributed by atoms with Gasteiger partial charge in [-0.05, 0) is 49.1 Å². The molecule has 0 fully saturated rings. The normalized spacial score (nSPS) is 16.6. The van der Waals surface area contributed by atoms with Gasteiger partial charge in [0.25, 0.3) is 0 Å². The van der Waals surface area contributed by atoms with E-state index in [1.54, 1.807) is 0 Å². The van der Waals surface area contributed by atoms with E-state index in [0.717, 1.165) is 0 Å². The largest absolute Gasteiger partial charge is 0.480 e. The van der Waals surface area contributed by atoms with Gasteiger partial charge in [0.05, 0.1) is 21.0 Å². The molecule has 1 aliphatic carbocycles. The Balaban J connectivity index is 2.06. The van der Waals surface area contributed by atoms with Gasteiger partial charge in [-0.2, -0.15) is 26.3 Å². The summed E-state index contributed by atoms with van der Waals surface area (Å²) in [5, 5.41) is 8.64. The molecule has 35 heavy (non-hydrogen) atoms. The molecule has 0 bridgehead atoms. The third-order valence-corrected chi connectivity index (χ3v) is 7.34. The number of aliphatic carboxylic acids is 1. The van der Waals surface area contributed by atoms with E-state index in [0.29, 0.717) is 12.0 Å². The minimum absolute atomic E-state index is 0.0982. The molecular formula is C20H15Cl2F6NO5S. The number of hydrogen-bond acceptors (Lipinski definition) is 4. The Kier molecular flexibility index (Phi) is 7.57. The van der Waals surface area contributed by atoms with Gasteiger partial charge < -0.3 is 9.84 Å². The molecule has 0 unspecified atom stereocenters. The average Bonchev–Trinajstić information content (AvgIpc) is 2.73. The summed E-state index contributed by atoms with van der Waals surface area (Å²) in [5.74, 6) is -1.42. The van der Waals surface area contributed by atoms with Crippen LogP contribution in [0.2, 0.25) is 10.0 Å². The molecule has 0 saturated carbocycles. The predicted octanol–water partition coefficient (Wildman–Crippen LogP) is 5.85. The van der Waals surface area contributed by atoms with Crippen molar-refractivity contribution in [3.05, 3.63) is 56.6 Å². The molecule has 0 spiro atoms. The number of alkyl halides is 6. The lowest BCUT2D eigenvalue weighted by molar-refractivity contribution is -0.143. The summed E-state index contributed by atoms with van der Waals surface area (Å²) in [6.07, 6.45) is -9.75. The molecule has 192 valence electrons. The van der Waals surface area contributed by atoms with Gasteiger partial charge in [0, 0.05) is 11.6 Å². The van der Waals surface area contributed by atoms with Crippen molar-refractivity contribution in [2.75, 3.05) is 6.61 Å². The zero-order valence-corrected chi connectivity index (χ0v) is 19.6. The number of fused-ring (bicyclic) bond motifs is 1. The smallest absolute Gasteiger partial charge is 0.416 e. The summed E-state index contributed by atoms with van der Waals surface area (Å²) in [6, 6.07) is 0.208. The molecule has 2 aromatic rings. The number of benzene rings is 2. The number of carbonyl (C=O) groups is 1. The van der Waals surface area contributed by atoms with Crippen LogP contribution in [-0.4, -0.2) is 26.1 Å². The number of carboxylic acid groups (broad SMARTS) is 1. The van der Waals surface area contributed by atoms with Gasteiger partial charge in [-0.25, -0.2) is 17.9 Å². The fraction of sp³-hybridized carbons (Fsp3) is 0.350. The van der Waals surface area contributed by atoms with Crippen LogP contribution in [0.1, 0.15) is 41.1 Å². The Morgan fingerprint density at radius 2 is 1.63 bits per heavy atom. The van der Waals surface area contributed by atoms with Crippen molar-refractivity contribution in [3.8, 4) is 5.75 Å². The van der Waals surface area contributed by atoms with Crippen molar-refractivity contribution in [2.45, 2.75) is 42.6 Å². The van der Waals surface area contributed by atoms with Crippen molar-refractivity contribution in [1.29, 1.82) is 0 Å². The first-order chi connectivity index (χ1) is 16.0. The fourth-order valence-corrected chi connectivity index (χ4v) is 5.36. The van der Waals surface area contributed by atoms with Crippen LogP contribution >= 0.6 is 23.2 Å². The average molecular weight is 566 g/mol. The van der Waals surface area contributed by atoms with E-state index in [2.05, 4.69) is 4.72 Å². The van der Waals surface area contributed by atoms with Crippen LogP contribution in [0.3, 0.4) is 0 Å². The van der Waals surface area contributed by atoms with E-state index in [4.69, 9.17) is 33.0 Å². The van der Waals surface area contributed by atoms with Gasteiger partial charge in [-0.3, -0.25) is 0 Å². The highest BCUT2D eigenvalue weighted by molar-refractivity contribution is 7.89. The van der Waals surface area contributed by atoms with Crippen LogP contribution in [0.4, 0.5) is 26.3 Å². The van der Waals surface area contributed by atoms with Crippen LogP contribution < -0.4 is 9.46 Å². The summed E-state index contributed by atoms with van der Waals surface area (Å²) >= 11 is 12.2. The maximum absolute atomic E-state index is 13.2. The van der Waals surface area contributed by atoms with Crippen LogP contribution in [0.15, 0.2) is 29.2 Å². The predicted molar refractivity (Wildman–Crippen MR) is 112 cm³/mol. The van der Waals surface area contributed by atoms with Gasteiger partial charge in [-0.1, -0.05) is 23.2 Å². The third-order valence-electron chi connectivity index (χ3n) is 5.12. The molecule has 6 nitrogen and oxygen atoms in total. The number of carboxylic acids is 1. The van der Waals surface area contributed by atoms with E-state index in [1.807, 2.05) is 0 Å². The van der Waals surface area contributed by atoms with Crippen molar-refractivity contribution in [3.63, 3.8) is 0 Å². The molecule has 3 rings (SSSR count). The van der Waals surface area contributed by atoms with E-state index < -0.39 is 57.0 Å². The van der Waals surface area contributed by atoms with Crippen molar-refractivity contribution in [2.24, 2.45) is 0 Å². The summed E-state index contributed by atoms with van der Waals surface area (Å²) in [5.41, 5.74) is -3.04. The topological polar surface area (TPSA) is 92.7 Å². The molecule has 1 atom stereocenters. The van der Waals surface area contributed by atoms with Gasteiger partial charge in [-0.15, -0.1) is 0 Å². The highest BCUT2D eigenvalue weighted by Gasteiger charge is 2.39. The Labute approximate surface area is 204 Å². The second kappa shape index (κ2) is 9.68. The van der Waals surface area contributed by atoms with Gasteiger partial charge >= 0.3 is 18.3 Å². The Hall–Kier alpha value is -2.22. The molecule has 15 heteroatoms. The standard InChI is InChI=1S/C20H15Cl2F6NO5S/c21-14-7-13-12(18(17(14)22)34-8-16(30)31)2-1-3-15(13)29-35(32,33)11-5-9(19(23,24)25)4-10(6-11)20(26,27)28/h4-7,15,29H,1-3,8H2,(H,30,31)/t15-/m1/s1. The lowest BCUT2D eigenvalue weighted by atomic mass is 9.87. The molecule has 0 heterocycles. The van der Waals surface area contributed by atoms with Gasteiger partial charge in [0.15, 0.2) is 6.61 Å². The SMILES string of the molecule is O=C(O)COc1c(Cl)c(Cl)cc2c1CCC[C@H]2NS(=O)(=O)c1cc(C(F)(F)F)cc(C(F)(F)F)c1. The minimum Gasteiger partial charge on any atom is -0.480 e. The molecule has 1 aliphatic rings. The molecule has 0 saturated heterocycles. The minimum atomic E-state index is -5.23. The highest BCUT2D eigenvalue weighted by Crippen LogP contribution is 2.44. The molecular weight excluding hydrogens is 551 g/mol. The second-order valence-electron chi connectivity index (χ2n) is 7.56. The van der Waals surface area contributed by atoms with E-state index in [-0.39, 0.29) is 52.4 Å². The number of sulfonamides is 1. The maximum Gasteiger partial charge on any atom is 0.416 e. The molecule has 2 N–H and O–H groups in total. The van der Waals surface area contributed by atoms with Gasteiger partial charge in [0.1, 0.15) is 10.8 Å². The molecule has 0 aromatic heterocycles. The second-order valence-corrected chi connectivity index (χ2v) is 10.1. The summed E-state index contributed by atoms with van der Waals surface area (Å²) in [4.78, 5) is 9.66. The van der Waals surface area contributed by atoms with Crippen LogP contribution in [-0.2, 0) is 33.6 Å². The first kappa shape index (κ1) is 27.4. The molecule has 2 aromatic carbocycles. The zero-order valence-electron chi connectivity index (χ0n) is 17.2. The molecule has 0 radical (unpaired) electrons. The monoisotopic (exact) mass is 565 g/mol. The van der Waals surface area contributed by atoms with Crippen LogP contribution in [0, 0.1) is 0 Å². The highest BCUT2D eigenvalue weighted by atomic mass is 35.5. The lowest BCUT2D eigenvalue weighted by Gasteiger charge is -2.29. The number of hydrogen-bond donors (Lipinski definition) is 2. The third kappa shape index (κ3) is 6.13. The summed E-state index contributed by atoms with van der Waals surface area (Å²) < 4.78 is 112. The molecule has 0 aliphatic heterocycles. The quantitative estimate of drug-likeness (QED) is 0.428. The first-order valence-corrected chi connectivity index (χ1v) is 11.9. The Bertz CT molecular complexity index is 1230. The number of halogens is 8. The van der Waals surface area contributed by atoms with E-state index in [1.165, 1.54) is 6.07 Å². The first-order valence-electron chi connectivity index (χ1n) is 9.68. The lowest BCUT2D eigenvalue weighted by Crippen LogP contribution is -2.32.